The zero-order valence-corrected chi connectivity index (χ0v) is 22.6. The second-order valence-corrected chi connectivity index (χ2v) is 9.44. The third-order valence-corrected chi connectivity index (χ3v) is 6.72. The molecule has 2 amide bonds. The molecule has 3 aromatic carbocycles. The van der Waals surface area contributed by atoms with Crippen LogP contribution in [0.2, 0.25) is 0 Å². The van der Waals surface area contributed by atoms with Crippen molar-refractivity contribution in [1.82, 2.24) is 5.43 Å². The van der Waals surface area contributed by atoms with E-state index >= 15 is 0 Å². The number of nitrogens with one attached hydrogen (secondary N) is 1. The topological polar surface area (TPSA) is 77.1 Å². The Balaban J connectivity index is 1.41. The molecule has 1 aliphatic heterocycles. The van der Waals surface area contributed by atoms with Crippen molar-refractivity contribution in [2.45, 2.75) is 26.2 Å². The molecular formula is C29H29BrN2O5. The number of anilines is 1. The summed E-state index contributed by atoms with van der Waals surface area (Å²) in [6.45, 7) is 5.03. The summed E-state index contributed by atoms with van der Waals surface area (Å²) in [7, 11) is 1.53. The number of halogens is 1. The second-order valence-electron chi connectivity index (χ2n) is 8.58. The lowest BCUT2D eigenvalue weighted by Gasteiger charge is -2.15. The Labute approximate surface area is 225 Å². The molecule has 1 saturated heterocycles. The van der Waals surface area contributed by atoms with Crippen LogP contribution in [0.15, 0.2) is 76.8 Å². The predicted molar refractivity (Wildman–Crippen MR) is 147 cm³/mol. The molecule has 37 heavy (non-hydrogen) atoms. The van der Waals surface area contributed by atoms with Crippen LogP contribution in [0.1, 0.15) is 37.3 Å². The average Bonchev–Trinajstić information content (AvgIpc) is 3.20. The van der Waals surface area contributed by atoms with Crippen LogP contribution in [0.3, 0.4) is 0 Å². The first-order valence-electron chi connectivity index (χ1n) is 12.1. The molecule has 1 fully saturated rings. The van der Waals surface area contributed by atoms with E-state index in [2.05, 4.69) is 47.3 Å². The smallest absolute Gasteiger partial charge is 0.282 e. The summed E-state index contributed by atoms with van der Waals surface area (Å²) in [5, 5.41) is 1.23. The lowest BCUT2D eigenvalue weighted by molar-refractivity contribution is -0.117. The standard InChI is InChI=1S/C29H29BrN2O5/c1-4-19(2)21-10-12-23(13-11-21)36-14-15-37-27-25(30)17-20(18-26(27)35-3)16-24-28(33)31-32(29(24)34)22-8-6-5-7-9-22/h5-13,16-19H,4,14-15H2,1-3H3,(H,31,33)/b24-16-. The highest BCUT2D eigenvalue weighted by Crippen LogP contribution is 2.37. The van der Waals surface area contributed by atoms with Crippen molar-refractivity contribution in [2.75, 3.05) is 25.3 Å². The number of para-hydroxylation sites is 1. The van der Waals surface area contributed by atoms with Gasteiger partial charge < -0.3 is 14.2 Å². The van der Waals surface area contributed by atoms with Crippen molar-refractivity contribution in [3.63, 3.8) is 0 Å². The Morgan fingerprint density at radius 1 is 1.00 bits per heavy atom. The van der Waals surface area contributed by atoms with Gasteiger partial charge in [0, 0.05) is 0 Å². The van der Waals surface area contributed by atoms with Crippen LogP contribution in [0.5, 0.6) is 17.2 Å². The first-order chi connectivity index (χ1) is 17.9. The van der Waals surface area contributed by atoms with E-state index in [1.165, 1.54) is 23.8 Å². The molecule has 1 atom stereocenters. The molecule has 0 radical (unpaired) electrons. The number of carbonyl (C=O) groups is 2. The number of benzene rings is 3. The highest BCUT2D eigenvalue weighted by molar-refractivity contribution is 9.10. The van der Waals surface area contributed by atoms with Gasteiger partial charge in [0.15, 0.2) is 11.5 Å². The highest BCUT2D eigenvalue weighted by atomic mass is 79.9. The molecule has 1 unspecified atom stereocenters. The SMILES string of the molecule is CCC(C)c1ccc(OCCOc2c(Br)cc(/C=C3/C(=O)NN(c4ccccc4)C3=O)cc2OC)cc1. The Morgan fingerprint density at radius 3 is 2.38 bits per heavy atom. The summed E-state index contributed by atoms with van der Waals surface area (Å²) in [5.41, 5.74) is 5.11. The number of rotatable bonds is 10. The minimum atomic E-state index is -0.474. The molecule has 1 heterocycles. The van der Waals surface area contributed by atoms with E-state index in [0.29, 0.717) is 46.4 Å². The van der Waals surface area contributed by atoms with Crippen LogP contribution in [0.25, 0.3) is 6.08 Å². The van der Waals surface area contributed by atoms with Gasteiger partial charge >= 0.3 is 0 Å². The van der Waals surface area contributed by atoms with Gasteiger partial charge in [-0.2, -0.15) is 0 Å². The number of amides is 2. The zero-order chi connectivity index (χ0) is 26.4. The number of hydrogen-bond donors (Lipinski definition) is 1. The molecule has 0 bridgehead atoms. The van der Waals surface area contributed by atoms with E-state index < -0.39 is 11.8 Å². The quantitative estimate of drug-likeness (QED) is 0.189. The minimum absolute atomic E-state index is 0.0271. The summed E-state index contributed by atoms with van der Waals surface area (Å²) in [6, 6.07) is 20.5. The lowest BCUT2D eigenvalue weighted by Crippen LogP contribution is -2.35. The Kier molecular flexibility index (Phi) is 8.50. The summed E-state index contributed by atoms with van der Waals surface area (Å²) < 4.78 is 17.9. The van der Waals surface area contributed by atoms with Crippen molar-refractivity contribution in [3.8, 4) is 17.2 Å². The number of methoxy groups -OCH3 is 1. The largest absolute Gasteiger partial charge is 0.493 e. The fourth-order valence-corrected chi connectivity index (χ4v) is 4.45. The monoisotopic (exact) mass is 564 g/mol. The van der Waals surface area contributed by atoms with Gasteiger partial charge in [-0.05, 0) is 81.9 Å². The van der Waals surface area contributed by atoms with Crippen molar-refractivity contribution in [1.29, 1.82) is 0 Å². The van der Waals surface area contributed by atoms with Gasteiger partial charge in [-0.1, -0.05) is 44.2 Å². The van der Waals surface area contributed by atoms with E-state index in [1.54, 1.807) is 36.4 Å². The molecule has 0 saturated carbocycles. The zero-order valence-electron chi connectivity index (χ0n) is 21.0. The second kappa shape index (κ2) is 12.0. The van der Waals surface area contributed by atoms with Crippen LogP contribution in [0, 0.1) is 0 Å². The van der Waals surface area contributed by atoms with Crippen LogP contribution >= 0.6 is 15.9 Å². The first kappa shape index (κ1) is 26.3. The van der Waals surface area contributed by atoms with Crippen LogP contribution in [0.4, 0.5) is 5.69 Å². The molecule has 3 aromatic rings. The summed E-state index contributed by atoms with van der Waals surface area (Å²) >= 11 is 3.52. The summed E-state index contributed by atoms with van der Waals surface area (Å²) in [4.78, 5) is 25.4. The van der Waals surface area contributed by atoms with Gasteiger partial charge in [0.1, 0.15) is 24.5 Å². The molecule has 1 aliphatic rings. The summed E-state index contributed by atoms with van der Waals surface area (Å²) in [6.07, 6.45) is 2.63. The molecule has 0 aliphatic carbocycles. The van der Waals surface area contributed by atoms with Crippen molar-refractivity contribution in [3.05, 3.63) is 87.9 Å². The van der Waals surface area contributed by atoms with Crippen LogP contribution < -0.4 is 24.6 Å². The molecule has 192 valence electrons. The fraction of sp³-hybridized carbons (Fsp3) is 0.241. The van der Waals surface area contributed by atoms with E-state index in [1.807, 2.05) is 18.2 Å². The predicted octanol–water partition coefficient (Wildman–Crippen LogP) is 5.89. The van der Waals surface area contributed by atoms with E-state index in [-0.39, 0.29) is 5.57 Å². The number of ether oxygens (including phenoxy) is 3. The van der Waals surface area contributed by atoms with E-state index in [4.69, 9.17) is 14.2 Å². The van der Waals surface area contributed by atoms with Gasteiger partial charge in [0.2, 0.25) is 0 Å². The number of hydrogen-bond acceptors (Lipinski definition) is 5. The van der Waals surface area contributed by atoms with Gasteiger partial charge in [-0.15, -0.1) is 0 Å². The molecule has 7 nitrogen and oxygen atoms in total. The van der Waals surface area contributed by atoms with Crippen LogP contribution in [-0.2, 0) is 9.59 Å². The van der Waals surface area contributed by atoms with Gasteiger partial charge in [0.05, 0.1) is 17.3 Å². The molecule has 8 heteroatoms. The third kappa shape index (κ3) is 6.14. The fourth-order valence-electron chi connectivity index (χ4n) is 3.88. The molecule has 4 rings (SSSR count). The molecule has 1 N–H and O–H groups in total. The van der Waals surface area contributed by atoms with E-state index in [9.17, 15) is 9.59 Å². The molecule has 0 spiro atoms. The normalized spacial score (nSPS) is 15.0. The highest BCUT2D eigenvalue weighted by Gasteiger charge is 2.34. The first-order valence-corrected chi connectivity index (χ1v) is 12.9. The Bertz CT molecular complexity index is 1290. The lowest BCUT2D eigenvalue weighted by atomic mass is 9.99. The number of carbonyl (C=O) groups excluding carboxylic acids is 2. The van der Waals surface area contributed by atoms with Crippen molar-refractivity contribution < 1.29 is 23.8 Å². The number of nitrogens with zero attached hydrogens (tertiary/aromatic N) is 1. The Morgan fingerprint density at radius 2 is 1.70 bits per heavy atom. The van der Waals surface area contributed by atoms with Crippen molar-refractivity contribution in [2.24, 2.45) is 0 Å². The number of hydrazine groups is 1. The van der Waals surface area contributed by atoms with Gasteiger partial charge in [0.25, 0.3) is 11.8 Å². The van der Waals surface area contributed by atoms with Crippen molar-refractivity contribution >= 4 is 39.5 Å². The minimum Gasteiger partial charge on any atom is -0.493 e. The summed E-state index contributed by atoms with van der Waals surface area (Å²) in [5.74, 6) is 1.37. The van der Waals surface area contributed by atoms with Gasteiger partial charge in [-0.3, -0.25) is 15.0 Å². The maximum atomic E-state index is 12.9. The maximum absolute atomic E-state index is 12.9. The van der Waals surface area contributed by atoms with Crippen LogP contribution in [-0.4, -0.2) is 32.1 Å². The average molecular weight is 565 g/mol. The third-order valence-electron chi connectivity index (χ3n) is 6.13. The van der Waals surface area contributed by atoms with E-state index in [0.717, 1.165) is 12.2 Å². The molecule has 0 aromatic heterocycles. The Hall–Kier alpha value is -3.78. The maximum Gasteiger partial charge on any atom is 0.282 e. The van der Waals surface area contributed by atoms with Gasteiger partial charge in [-0.25, -0.2) is 5.01 Å². The molecular weight excluding hydrogens is 536 g/mol.